The minimum absolute atomic E-state index is 0.0486. The van der Waals surface area contributed by atoms with Crippen LogP contribution < -0.4 is 0 Å². The summed E-state index contributed by atoms with van der Waals surface area (Å²) in [5.41, 5.74) is 0. The molecule has 1 nitrogen and oxygen atoms in total. The lowest BCUT2D eigenvalue weighted by Crippen LogP contribution is -2.15. The third-order valence-corrected chi connectivity index (χ3v) is 3.24. The van der Waals surface area contributed by atoms with Gasteiger partial charge in [0.1, 0.15) is 0 Å². The van der Waals surface area contributed by atoms with Gasteiger partial charge in [-0.25, -0.2) is 0 Å². The lowest BCUT2D eigenvalue weighted by molar-refractivity contribution is 0.104. The van der Waals surface area contributed by atoms with Gasteiger partial charge in [-0.05, 0) is 31.1 Å². The number of hydrogen-bond acceptors (Lipinski definition) is 1. The van der Waals surface area contributed by atoms with Crippen LogP contribution in [0.3, 0.4) is 0 Å². The summed E-state index contributed by atoms with van der Waals surface area (Å²) in [6, 6.07) is 0. The van der Waals surface area contributed by atoms with Gasteiger partial charge in [0, 0.05) is 0 Å². The number of aliphatic hydroxyl groups is 1. The van der Waals surface area contributed by atoms with Crippen molar-refractivity contribution < 1.29 is 5.11 Å². The minimum Gasteiger partial charge on any atom is -0.393 e. The first-order chi connectivity index (χ1) is 4.86. The Kier molecular flexibility index (Phi) is 1.69. The van der Waals surface area contributed by atoms with E-state index in [1.165, 1.54) is 32.1 Å². The molecule has 0 unspecified atom stereocenters. The van der Waals surface area contributed by atoms with Crippen LogP contribution in [0.25, 0.3) is 0 Å². The number of fused-ring (bicyclic) bond motifs is 2. The fourth-order valence-electron chi connectivity index (χ4n) is 2.58. The lowest BCUT2D eigenvalue weighted by Gasteiger charge is -2.14. The van der Waals surface area contributed by atoms with Gasteiger partial charge in [0.25, 0.3) is 0 Å². The van der Waals surface area contributed by atoms with Crippen LogP contribution in [0.4, 0.5) is 0 Å². The first kappa shape index (κ1) is 6.66. The van der Waals surface area contributed by atoms with E-state index in [2.05, 4.69) is 0 Å². The average molecular weight is 140 g/mol. The second-order valence-corrected chi connectivity index (χ2v) is 3.94. The Balaban J connectivity index is 2.03. The molecular formula is C9H16O. The largest absolute Gasteiger partial charge is 0.393 e. The molecule has 1 N–H and O–H groups in total. The van der Waals surface area contributed by atoms with E-state index in [1.807, 2.05) is 0 Å². The zero-order valence-corrected chi connectivity index (χ0v) is 6.42. The van der Waals surface area contributed by atoms with Crippen molar-refractivity contribution in [1.29, 1.82) is 0 Å². The van der Waals surface area contributed by atoms with Gasteiger partial charge >= 0.3 is 0 Å². The molecule has 0 saturated heterocycles. The molecular weight excluding hydrogens is 124 g/mol. The van der Waals surface area contributed by atoms with E-state index in [0.29, 0.717) is 5.92 Å². The van der Waals surface area contributed by atoms with Crippen LogP contribution >= 0.6 is 0 Å². The highest BCUT2D eigenvalue weighted by atomic mass is 16.3. The summed E-state index contributed by atoms with van der Waals surface area (Å²) in [6.07, 6.45) is 7.78. The molecule has 0 aliphatic heterocycles. The van der Waals surface area contributed by atoms with Crippen LogP contribution in [-0.4, -0.2) is 11.2 Å². The molecule has 0 aromatic heterocycles. The molecule has 2 fully saturated rings. The number of hydrogen-bond donors (Lipinski definition) is 1. The van der Waals surface area contributed by atoms with E-state index in [0.717, 1.165) is 12.3 Å². The van der Waals surface area contributed by atoms with Crippen molar-refractivity contribution in [2.24, 2.45) is 11.8 Å². The molecule has 1 heteroatoms. The molecule has 0 radical (unpaired) electrons. The highest BCUT2D eigenvalue weighted by Gasteiger charge is 2.31. The van der Waals surface area contributed by atoms with E-state index in [-0.39, 0.29) is 6.10 Å². The van der Waals surface area contributed by atoms with Crippen molar-refractivity contribution in [2.45, 2.75) is 44.6 Å². The predicted octanol–water partition coefficient (Wildman–Crippen LogP) is 1.95. The van der Waals surface area contributed by atoms with Crippen molar-refractivity contribution in [3.05, 3.63) is 0 Å². The molecule has 2 aliphatic carbocycles. The maximum absolute atomic E-state index is 9.58. The third-order valence-electron chi connectivity index (χ3n) is 3.24. The molecule has 58 valence electrons. The summed E-state index contributed by atoms with van der Waals surface area (Å²) in [6.45, 7) is 0. The number of rotatable bonds is 0. The van der Waals surface area contributed by atoms with E-state index in [1.54, 1.807) is 0 Å². The first-order valence-corrected chi connectivity index (χ1v) is 4.54. The van der Waals surface area contributed by atoms with Gasteiger partial charge in [0.15, 0.2) is 0 Å². The maximum Gasteiger partial charge on any atom is 0.0568 e. The van der Waals surface area contributed by atoms with E-state index < -0.39 is 0 Å². The van der Waals surface area contributed by atoms with Gasteiger partial charge in [-0.15, -0.1) is 0 Å². The van der Waals surface area contributed by atoms with E-state index >= 15 is 0 Å². The van der Waals surface area contributed by atoms with Gasteiger partial charge in [0.2, 0.25) is 0 Å². The summed E-state index contributed by atoms with van der Waals surface area (Å²) in [4.78, 5) is 0. The second kappa shape index (κ2) is 2.54. The van der Waals surface area contributed by atoms with Crippen LogP contribution in [0.1, 0.15) is 38.5 Å². The van der Waals surface area contributed by atoms with Crippen molar-refractivity contribution in [3.8, 4) is 0 Å². The summed E-state index contributed by atoms with van der Waals surface area (Å²) >= 11 is 0. The van der Waals surface area contributed by atoms with Crippen LogP contribution in [0, 0.1) is 11.8 Å². The van der Waals surface area contributed by atoms with Crippen LogP contribution in [0.15, 0.2) is 0 Å². The van der Waals surface area contributed by atoms with Crippen molar-refractivity contribution in [2.75, 3.05) is 0 Å². The summed E-state index contributed by atoms with van der Waals surface area (Å²) < 4.78 is 0. The van der Waals surface area contributed by atoms with Gasteiger partial charge in [-0.3, -0.25) is 0 Å². The highest BCUT2D eigenvalue weighted by molar-refractivity contribution is 4.83. The molecule has 0 aromatic rings. The molecule has 0 heterocycles. The Morgan fingerprint density at radius 2 is 1.90 bits per heavy atom. The second-order valence-electron chi connectivity index (χ2n) is 3.94. The van der Waals surface area contributed by atoms with Gasteiger partial charge in [0.05, 0.1) is 6.10 Å². The smallest absolute Gasteiger partial charge is 0.0568 e. The number of aliphatic hydroxyl groups excluding tert-OH is 1. The van der Waals surface area contributed by atoms with Crippen molar-refractivity contribution in [1.82, 2.24) is 0 Å². The summed E-state index contributed by atoms with van der Waals surface area (Å²) in [5.74, 6) is 1.65. The summed E-state index contributed by atoms with van der Waals surface area (Å²) in [5, 5.41) is 9.58. The quantitative estimate of drug-likeness (QED) is 0.545. The van der Waals surface area contributed by atoms with Gasteiger partial charge in [-0.1, -0.05) is 19.3 Å². The monoisotopic (exact) mass is 140 g/mol. The molecule has 10 heavy (non-hydrogen) atoms. The molecule has 0 amide bonds. The molecule has 3 atom stereocenters. The maximum atomic E-state index is 9.58. The molecule has 2 rings (SSSR count). The Hall–Kier alpha value is -0.0400. The predicted molar refractivity (Wildman–Crippen MR) is 40.7 cm³/mol. The molecule has 2 saturated carbocycles. The molecule has 0 aromatic carbocycles. The SMILES string of the molecule is O[C@@H]1CCC[C@H]2CC[C@@H]1C2. The Morgan fingerprint density at radius 3 is 2.80 bits per heavy atom. The van der Waals surface area contributed by atoms with E-state index in [4.69, 9.17) is 0 Å². The van der Waals surface area contributed by atoms with Crippen LogP contribution in [-0.2, 0) is 0 Å². The Morgan fingerprint density at radius 1 is 1.00 bits per heavy atom. The van der Waals surface area contributed by atoms with Crippen molar-refractivity contribution >= 4 is 0 Å². The van der Waals surface area contributed by atoms with Gasteiger partial charge in [-0.2, -0.15) is 0 Å². The fourth-order valence-corrected chi connectivity index (χ4v) is 2.58. The average Bonchev–Trinajstić information content (AvgIpc) is 2.27. The molecule has 0 spiro atoms. The topological polar surface area (TPSA) is 20.2 Å². The third kappa shape index (κ3) is 1.07. The standard InChI is InChI=1S/C9H16O/c10-9-3-1-2-7-4-5-8(9)6-7/h7-10H,1-6H2/t7-,8+,9+/m0/s1. The lowest BCUT2D eigenvalue weighted by atomic mass is 9.98. The zero-order valence-electron chi connectivity index (χ0n) is 6.42. The Bertz CT molecular complexity index is 122. The normalized spacial score (nSPS) is 47.1. The fraction of sp³-hybridized carbons (Fsp3) is 1.00. The minimum atomic E-state index is 0.0486. The zero-order chi connectivity index (χ0) is 6.97. The van der Waals surface area contributed by atoms with E-state index in [9.17, 15) is 5.11 Å². The summed E-state index contributed by atoms with van der Waals surface area (Å²) in [7, 11) is 0. The van der Waals surface area contributed by atoms with Crippen molar-refractivity contribution in [3.63, 3.8) is 0 Å². The molecule has 2 aliphatic rings. The Labute approximate surface area is 62.4 Å². The highest BCUT2D eigenvalue weighted by Crippen LogP contribution is 2.40. The van der Waals surface area contributed by atoms with Crippen LogP contribution in [0.5, 0.6) is 0 Å². The first-order valence-electron chi connectivity index (χ1n) is 4.54. The van der Waals surface area contributed by atoms with Crippen LogP contribution in [0.2, 0.25) is 0 Å². The van der Waals surface area contributed by atoms with Gasteiger partial charge < -0.3 is 5.11 Å². The molecule has 2 bridgehead atoms.